The maximum atomic E-state index is 5.67. The van der Waals surface area contributed by atoms with Crippen LogP contribution in [0.2, 0.25) is 0 Å². The summed E-state index contributed by atoms with van der Waals surface area (Å²) in [7, 11) is 0. The summed E-state index contributed by atoms with van der Waals surface area (Å²) in [4.78, 5) is 4.29. The Kier molecular flexibility index (Phi) is 4.31. The molecule has 94 valence electrons. The summed E-state index contributed by atoms with van der Waals surface area (Å²) in [6.07, 6.45) is 2.55. The molecule has 0 atom stereocenters. The van der Waals surface area contributed by atoms with E-state index in [1.807, 2.05) is 12.1 Å². The summed E-state index contributed by atoms with van der Waals surface area (Å²) >= 11 is 0. The molecule has 2 aromatic rings. The van der Waals surface area contributed by atoms with Crippen LogP contribution in [0, 0.1) is 6.92 Å². The average Bonchev–Trinajstić information content (AvgIpc) is 2.40. The van der Waals surface area contributed by atoms with Gasteiger partial charge in [-0.05, 0) is 31.2 Å². The van der Waals surface area contributed by atoms with Crippen LogP contribution >= 0.6 is 0 Å². The molecule has 3 nitrogen and oxygen atoms in total. The SMILES string of the molecule is Cc1ccc(COc2ccc(CCN)nc2)cc1. The molecular formula is C15H18N2O. The van der Waals surface area contributed by atoms with Crippen LogP contribution in [0.4, 0.5) is 0 Å². The number of hydrogen-bond donors (Lipinski definition) is 1. The first kappa shape index (κ1) is 12.6. The first-order valence-electron chi connectivity index (χ1n) is 6.11. The normalized spacial score (nSPS) is 10.3. The van der Waals surface area contributed by atoms with E-state index in [4.69, 9.17) is 10.5 Å². The lowest BCUT2D eigenvalue weighted by atomic mass is 10.2. The van der Waals surface area contributed by atoms with E-state index in [0.29, 0.717) is 13.2 Å². The number of pyridine rings is 1. The van der Waals surface area contributed by atoms with Gasteiger partial charge in [-0.1, -0.05) is 29.8 Å². The van der Waals surface area contributed by atoms with Crippen LogP contribution in [0.15, 0.2) is 42.6 Å². The molecule has 0 aliphatic carbocycles. The fourth-order valence-corrected chi connectivity index (χ4v) is 1.64. The van der Waals surface area contributed by atoms with Crippen LogP contribution < -0.4 is 10.5 Å². The van der Waals surface area contributed by atoms with Crippen LogP contribution in [0.1, 0.15) is 16.8 Å². The third kappa shape index (κ3) is 3.57. The van der Waals surface area contributed by atoms with Crippen LogP contribution in [-0.2, 0) is 13.0 Å². The van der Waals surface area contributed by atoms with Crippen molar-refractivity contribution in [1.29, 1.82) is 0 Å². The molecule has 0 amide bonds. The van der Waals surface area contributed by atoms with E-state index >= 15 is 0 Å². The molecule has 2 rings (SSSR count). The van der Waals surface area contributed by atoms with Crippen molar-refractivity contribution in [2.45, 2.75) is 20.0 Å². The Hall–Kier alpha value is -1.87. The molecule has 0 bridgehead atoms. The minimum atomic E-state index is 0.568. The molecule has 1 heterocycles. The first-order chi connectivity index (χ1) is 8.78. The van der Waals surface area contributed by atoms with E-state index in [2.05, 4.69) is 36.2 Å². The Balaban J connectivity index is 1.91. The van der Waals surface area contributed by atoms with Crippen molar-refractivity contribution < 1.29 is 4.74 Å². The summed E-state index contributed by atoms with van der Waals surface area (Å²) in [5.74, 6) is 0.788. The van der Waals surface area contributed by atoms with Crippen LogP contribution in [0.3, 0.4) is 0 Å². The maximum absolute atomic E-state index is 5.67. The molecule has 18 heavy (non-hydrogen) atoms. The topological polar surface area (TPSA) is 48.1 Å². The number of hydrogen-bond acceptors (Lipinski definition) is 3. The average molecular weight is 242 g/mol. The summed E-state index contributed by atoms with van der Waals surface area (Å²) < 4.78 is 5.67. The van der Waals surface area contributed by atoms with Gasteiger partial charge in [0.2, 0.25) is 0 Å². The Labute approximate surface area is 108 Å². The maximum Gasteiger partial charge on any atom is 0.138 e. The fraction of sp³-hybridized carbons (Fsp3) is 0.267. The summed E-state index contributed by atoms with van der Waals surface area (Å²) in [6, 6.07) is 12.2. The van der Waals surface area contributed by atoms with Crippen LogP contribution in [-0.4, -0.2) is 11.5 Å². The summed E-state index contributed by atoms with van der Waals surface area (Å²) in [5.41, 5.74) is 8.89. The Morgan fingerprint density at radius 3 is 2.50 bits per heavy atom. The molecule has 0 fully saturated rings. The molecule has 3 heteroatoms. The number of aryl methyl sites for hydroxylation is 1. The number of aromatic nitrogens is 1. The minimum absolute atomic E-state index is 0.568. The molecule has 0 saturated carbocycles. The van der Waals surface area contributed by atoms with Gasteiger partial charge in [0, 0.05) is 12.1 Å². The van der Waals surface area contributed by atoms with Crippen molar-refractivity contribution in [2.24, 2.45) is 5.73 Å². The van der Waals surface area contributed by atoms with Gasteiger partial charge in [0.1, 0.15) is 12.4 Å². The van der Waals surface area contributed by atoms with Gasteiger partial charge in [-0.2, -0.15) is 0 Å². The molecular weight excluding hydrogens is 224 g/mol. The summed E-state index contributed by atoms with van der Waals surface area (Å²) in [5, 5.41) is 0. The van der Waals surface area contributed by atoms with Crippen molar-refractivity contribution >= 4 is 0 Å². The van der Waals surface area contributed by atoms with Crippen LogP contribution in [0.5, 0.6) is 5.75 Å². The van der Waals surface area contributed by atoms with E-state index in [-0.39, 0.29) is 0 Å². The number of rotatable bonds is 5. The largest absolute Gasteiger partial charge is 0.487 e. The predicted octanol–water partition coefficient (Wildman–Crippen LogP) is 2.47. The Morgan fingerprint density at radius 1 is 1.11 bits per heavy atom. The zero-order valence-corrected chi connectivity index (χ0v) is 10.6. The van der Waals surface area contributed by atoms with Gasteiger partial charge in [-0.25, -0.2) is 0 Å². The molecule has 0 spiro atoms. The zero-order valence-electron chi connectivity index (χ0n) is 10.6. The minimum Gasteiger partial charge on any atom is -0.487 e. The van der Waals surface area contributed by atoms with Crippen molar-refractivity contribution in [3.8, 4) is 5.75 Å². The van der Waals surface area contributed by atoms with Crippen LogP contribution in [0.25, 0.3) is 0 Å². The van der Waals surface area contributed by atoms with Crippen molar-refractivity contribution in [1.82, 2.24) is 4.98 Å². The van der Waals surface area contributed by atoms with Gasteiger partial charge >= 0.3 is 0 Å². The monoisotopic (exact) mass is 242 g/mol. The smallest absolute Gasteiger partial charge is 0.138 e. The highest BCUT2D eigenvalue weighted by molar-refractivity contribution is 5.23. The number of nitrogens with two attached hydrogens (primary N) is 1. The molecule has 2 N–H and O–H groups in total. The third-order valence-electron chi connectivity index (χ3n) is 2.72. The van der Waals surface area contributed by atoms with Gasteiger partial charge < -0.3 is 10.5 Å². The quantitative estimate of drug-likeness (QED) is 0.876. The highest BCUT2D eigenvalue weighted by Crippen LogP contribution is 2.12. The second kappa shape index (κ2) is 6.17. The zero-order chi connectivity index (χ0) is 12.8. The highest BCUT2D eigenvalue weighted by Gasteiger charge is 1.98. The second-order valence-corrected chi connectivity index (χ2v) is 4.30. The number of nitrogens with zero attached hydrogens (tertiary/aromatic N) is 1. The van der Waals surface area contributed by atoms with Crippen molar-refractivity contribution in [3.63, 3.8) is 0 Å². The van der Waals surface area contributed by atoms with Gasteiger partial charge in [0.25, 0.3) is 0 Å². The van der Waals surface area contributed by atoms with E-state index in [0.717, 1.165) is 23.4 Å². The third-order valence-corrected chi connectivity index (χ3v) is 2.72. The second-order valence-electron chi connectivity index (χ2n) is 4.30. The molecule has 0 unspecified atom stereocenters. The number of ether oxygens (including phenoxy) is 1. The van der Waals surface area contributed by atoms with E-state index in [9.17, 15) is 0 Å². The number of benzene rings is 1. The first-order valence-corrected chi connectivity index (χ1v) is 6.11. The lowest BCUT2D eigenvalue weighted by Crippen LogP contribution is -2.04. The molecule has 1 aromatic carbocycles. The predicted molar refractivity (Wildman–Crippen MR) is 72.5 cm³/mol. The molecule has 0 saturated heterocycles. The van der Waals surface area contributed by atoms with Crippen molar-refractivity contribution in [3.05, 3.63) is 59.4 Å². The standard InChI is InChI=1S/C15H18N2O/c1-12-2-4-13(5-3-12)11-18-15-7-6-14(8-9-16)17-10-15/h2-7,10H,8-9,11,16H2,1H3. The Morgan fingerprint density at radius 2 is 1.89 bits per heavy atom. The van der Waals surface area contributed by atoms with Gasteiger partial charge in [0.15, 0.2) is 0 Å². The molecule has 0 aliphatic rings. The van der Waals surface area contributed by atoms with E-state index in [1.54, 1.807) is 6.20 Å². The lowest BCUT2D eigenvalue weighted by molar-refractivity contribution is 0.305. The Bertz CT molecular complexity index is 477. The van der Waals surface area contributed by atoms with Crippen molar-refractivity contribution in [2.75, 3.05) is 6.54 Å². The summed E-state index contributed by atoms with van der Waals surface area (Å²) in [6.45, 7) is 3.26. The fourth-order valence-electron chi connectivity index (χ4n) is 1.64. The highest BCUT2D eigenvalue weighted by atomic mass is 16.5. The molecule has 0 aliphatic heterocycles. The van der Waals surface area contributed by atoms with Gasteiger partial charge in [-0.15, -0.1) is 0 Å². The van der Waals surface area contributed by atoms with Gasteiger partial charge in [0.05, 0.1) is 6.20 Å². The molecule has 0 radical (unpaired) electrons. The van der Waals surface area contributed by atoms with Gasteiger partial charge in [-0.3, -0.25) is 4.98 Å². The van der Waals surface area contributed by atoms with E-state index < -0.39 is 0 Å². The van der Waals surface area contributed by atoms with E-state index in [1.165, 1.54) is 5.56 Å². The molecule has 1 aromatic heterocycles. The lowest BCUT2D eigenvalue weighted by Gasteiger charge is -2.07.